The van der Waals surface area contributed by atoms with Crippen molar-refractivity contribution in [3.63, 3.8) is 0 Å². The van der Waals surface area contributed by atoms with Gasteiger partial charge in [0.15, 0.2) is 11.2 Å². The predicted octanol–water partition coefficient (Wildman–Crippen LogP) is 1.39. The number of aliphatic hydroxyl groups is 1. The Kier molecular flexibility index (Phi) is 6.31. The molecule has 9 heteroatoms. The summed E-state index contributed by atoms with van der Waals surface area (Å²) in [5, 5.41) is 13.9. The van der Waals surface area contributed by atoms with Gasteiger partial charge in [0.1, 0.15) is 18.5 Å². The molecule has 0 spiro atoms. The Hall–Kier alpha value is -3.07. The molecule has 3 rings (SSSR count). The first-order valence-corrected chi connectivity index (χ1v) is 10.0. The molecule has 2 heterocycles. The lowest BCUT2D eigenvalue weighted by Gasteiger charge is -2.18. The van der Waals surface area contributed by atoms with Crippen LogP contribution in [0.2, 0.25) is 0 Å². The Morgan fingerprint density at radius 2 is 1.83 bits per heavy atom. The largest absolute Gasteiger partial charge is 0.491 e. The second kappa shape index (κ2) is 8.74. The second-order valence-corrected chi connectivity index (χ2v) is 7.66. The minimum Gasteiger partial charge on any atom is -0.491 e. The van der Waals surface area contributed by atoms with Crippen LogP contribution in [0.1, 0.15) is 25.8 Å². The minimum atomic E-state index is -0.886. The fourth-order valence-electron chi connectivity index (χ4n) is 3.15. The maximum atomic E-state index is 12.8. The van der Waals surface area contributed by atoms with Gasteiger partial charge in [-0.05, 0) is 32.4 Å². The molecule has 0 unspecified atom stereocenters. The van der Waals surface area contributed by atoms with Gasteiger partial charge in [0, 0.05) is 20.1 Å². The van der Waals surface area contributed by atoms with Crippen molar-refractivity contribution in [2.24, 2.45) is 14.1 Å². The number of fused-ring (bicyclic) bond motifs is 1. The third kappa shape index (κ3) is 4.25. The summed E-state index contributed by atoms with van der Waals surface area (Å²) < 4.78 is 9.69. The van der Waals surface area contributed by atoms with Gasteiger partial charge in [-0.3, -0.25) is 13.9 Å². The topological polar surface area (TPSA) is 103 Å². The maximum absolute atomic E-state index is 12.8. The van der Waals surface area contributed by atoms with Gasteiger partial charge in [-0.15, -0.1) is 0 Å². The van der Waals surface area contributed by atoms with Crippen molar-refractivity contribution >= 4 is 17.1 Å². The van der Waals surface area contributed by atoms with Crippen LogP contribution in [0, 0.1) is 6.92 Å². The summed E-state index contributed by atoms with van der Waals surface area (Å²) in [4.78, 5) is 29.6. The molecule has 0 aliphatic heterocycles. The third-order valence-electron chi connectivity index (χ3n) is 5.19. The lowest BCUT2D eigenvalue weighted by Crippen LogP contribution is -2.38. The van der Waals surface area contributed by atoms with Gasteiger partial charge in [0.05, 0.1) is 6.54 Å². The highest BCUT2D eigenvalue weighted by atomic mass is 16.5. The summed E-state index contributed by atoms with van der Waals surface area (Å²) in [7, 11) is 3.01. The number of nitrogens with zero attached hydrogens (tertiary/aromatic N) is 4. The molecule has 3 aromatic rings. The molecule has 0 bridgehead atoms. The predicted molar refractivity (Wildman–Crippen MR) is 116 cm³/mol. The standard InChI is InChI=1S/C21H29N5O4/c1-6-14(3)22-20-23-18-17(19(28)25(5)21(29)24(18)4)26(20)11-15(27)12-30-16-9-7-13(2)8-10-16/h7-10,14-15,27H,6,11-12H2,1-5H3,(H,22,23)/t14-,15-/m0/s1. The average Bonchev–Trinajstić information content (AvgIpc) is 3.08. The van der Waals surface area contributed by atoms with E-state index < -0.39 is 17.4 Å². The summed E-state index contributed by atoms with van der Waals surface area (Å²) in [5.74, 6) is 1.10. The fourth-order valence-corrected chi connectivity index (χ4v) is 3.15. The number of benzene rings is 1. The van der Waals surface area contributed by atoms with Crippen molar-refractivity contribution in [3.8, 4) is 5.75 Å². The number of rotatable bonds is 8. The molecule has 2 atom stereocenters. The normalized spacial score (nSPS) is 13.4. The van der Waals surface area contributed by atoms with Crippen LogP contribution in [0.4, 0.5) is 5.95 Å². The highest BCUT2D eigenvalue weighted by molar-refractivity contribution is 5.74. The molecule has 0 aliphatic carbocycles. The van der Waals surface area contributed by atoms with Gasteiger partial charge < -0.3 is 19.7 Å². The van der Waals surface area contributed by atoms with Crippen molar-refractivity contribution in [1.29, 1.82) is 0 Å². The number of hydrogen-bond acceptors (Lipinski definition) is 6. The molecule has 30 heavy (non-hydrogen) atoms. The number of aromatic nitrogens is 4. The van der Waals surface area contributed by atoms with Gasteiger partial charge in [0.25, 0.3) is 5.56 Å². The Balaban J connectivity index is 1.95. The molecular weight excluding hydrogens is 386 g/mol. The zero-order chi connectivity index (χ0) is 22.0. The number of hydrogen-bond donors (Lipinski definition) is 2. The Bertz CT molecular complexity index is 1140. The first-order chi connectivity index (χ1) is 14.2. The molecule has 2 aromatic heterocycles. The molecule has 0 fully saturated rings. The lowest BCUT2D eigenvalue weighted by molar-refractivity contribution is 0.0938. The molecule has 2 N–H and O–H groups in total. The fraction of sp³-hybridized carbons (Fsp3) is 0.476. The number of aliphatic hydroxyl groups excluding tert-OH is 1. The first kappa shape index (κ1) is 21.6. The zero-order valence-electron chi connectivity index (χ0n) is 18.0. The van der Waals surface area contributed by atoms with Gasteiger partial charge in [0.2, 0.25) is 5.95 Å². The van der Waals surface area contributed by atoms with Crippen LogP contribution in [0.3, 0.4) is 0 Å². The highest BCUT2D eigenvalue weighted by Gasteiger charge is 2.22. The highest BCUT2D eigenvalue weighted by Crippen LogP contribution is 2.18. The van der Waals surface area contributed by atoms with E-state index in [1.165, 1.54) is 11.6 Å². The molecule has 162 valence electrons. The van der Waals surface area contributed by atoms with Crippen LogP contribution >= 0.6 is 0 Å². The minimum absolute atomic E-state index is 0.0532. The quantitative estimate of drug-likeness (QED) is 0.576. The number of aryl methyl sites for hydroxylation is 2. The van der Waals surface area contributed by atoms with Crippen molar-refractivity contribution in [1.82, 2.24) is 18.7 Å². The summed E-state index contributed by atoms with van der Waals surface area (Å²) >= 11 is 0. The molecule has 0 radical (unpaired) electrons. The van der Waals surface area contributed by atoms with Crippen LogP contribution in [0.15, 0.2) is 33.9 Å². The van der Waals surface area contributed by atoms with E-state index in [9.17, 15) is 14.7 Å². The van der Waals surface area contributed by atoms with Gasteiger partial charge in [-0.25, -0.2) is 4.79 Å². The summed E-state index contributed by atoms with van der Waals surface area (Å²) in [5.41, 5.74) is 0.760. The Labute approximate surface area is 174 Å². The number of imidazole rings is 1. The van der Waals surface area contributed by atoms with E-state index in [-0.39, 0.29) is 30.4 Å². The molecule has 0 amide bonds. The zero-order valence-corrected chi connectivity index (χ0v) is 18.0. The van der Waals surface area contributed by atoms with E-state index in [1.54, 1.807) is 11.6 Å². The van der Waals surface area contributed by atoms with E-state index in [0.717, 1.165) is 16.6 Å². The molecule has 0 saturated heterocycles. The van der Waals surface area contributed by atoms with Crippen LogP contribution in [-0.2, 0) is 20.6 Å². The maximum Gasteiger partial charge on any atom is 0.332 e. The van der Waals surface area contributed by atoms with Crippen molar-refractivity contribution < 1.29 is 9.84 Å². The van der Waals surface area contributed by atoms with Gasteiger partial charge in [-0.2, -0.15) is 4.98 Å². The summed E-state index contributed by atoms with van der Waals surface area (Å²) in [6.45, 7) is 6.16. The van der Waals surface area contributed by atoms with Crippen LogP contribution < -0.4 is 21.3 Å². The van der Waals surface area contributed by atoms with Crippen LogP contribution in [0.5, 0.6) is 5.75 Å². The van der Waals surface area contributed by atoms with E-state index in [1.807, 2.05) is 45.0 Å². The van der Waals surface area contributed by atoms with Crippen molar-refractivity contribution in [3.05, 3.63) is 50.7 Å². The number of nitrogens with one attached hydrogen (secondary N) is 1. The first-order valence-electron chi connectivity index (χ1n) is 10.0. The summed E-state index contributed by atoms with van der Waals surface area (Å²) in [6, 6.07) is 7.65. The van der Waals surface area contributed by atoms with E-state index >= 15 is 0 Å². The Morgan fingerprint density at radius 1 is 1.17 bits per heavy atom. The molecule has 0 aliphatic rings. The Morgan fingerprint density at radius 3 is 2.47 bits per heavy atom. The third-order valence-corrected chi connectivity index (χ3v) is 5.19. The molecule has 1 aromatic carbocycles. The number of anilines is 1. The van der Waals surface area contributed by atoms with Crippen molar-refractivity contribution in [2.75, 3.05) is 11.9 Å². The second-order valence-electron chi connectivity index (χ2n) is 7.66. The number of ether oxygens (including phenoxy) is 1. The van der Waals surface area contributed by atoms with E-state index in [0.29, 0.717) is 11.7 Å². The molecule has 0 saturated carbocycles. The lowest BCUT2D eigenvalue weighted by atomic mass is 10.2. The average molecular weight is 415 g/mol. The summed E-state index contributed by atoms with van der Waals surface area (Å²) in [6.07, 6.45) is -0.0395. The monoisotopic (exact) mass is 415 g/mol. The SMILES string of the molecule is CC[C@H](C)Nc1nc2c(c(=O)n(C)c(=O)n2C)n1C[C@H](O)COc1ccc(C)cc1. The van der Waals surface area contributed by atoms with Crippen LogP contribution in [-0.4, -0.2) is 42.5 Å². The van der Waals surface area contributed by atoms with Crippen molar-refractivity contribution in [2.45, 2.75) is 45.9 Å². The van der Waals surface area contributed by atoms with Gasteiger partial charge in [-0.1, -0.05) is 24.6 Å². The van der Waals surface area contributed by atoms with Crippen LogP contribution in [0.25, 0.3) is 11.2 Å². The van der Waals surface area contributed by atoms with Gasteiger partial charge >= 0.3 is 5.69 Å². The molecule has 9 nitrogen and oxygen atoms in total. The molecular formula is C21H29N5O4. The van der Waals surface area contributed by atoms with E-state index in [2.05, 4.69) is 10.3 Å². The smallest absolute Gasteiger partial charge is 0.332 e. The van der Waals surface area contributed by atoms with E-state index in [4.69, 9.17) is 4.74 Å².